The largest absolute Gasteiger partial charge is 0.494 e. The van der Waals surface area contributed by atoms with Gasteiger partial charge in [0.1, 0.15) is 11.3 Å². The van der Waals surface area contributed by atoms with Crippen molar-refractivity contribution in [2.75, 3.05) is 0 Å². The lowest BCUT2D eigenvalue weighted by Gasteiger charge is -2.07. The van der Waals surface area contributed by atoms with Crippen LogP contribution in [0.3, 0.4) is 0 Å². The van der Waals surface area contributed by atoms with Gasteiger partial charge in [-0.1, -0.05) is 0 Å². The van der Waals surface area contributed by atoms with E-state index in [1.165, 1.54) is 49.5 Å². The van der Waals surface area contributed by atoms with Gasteiger partial charge in [0, 0.05) is 40.5 Å². The number of nitro benzene ring substituents is 1. The van der Waals surface area contributed by atoms with Crippen molar-refractivity contribution < 1.29 is 10.0 Å². The van der Waals surface area contributed by atoms with E-state index >= 15 is 0 Å². The molecule has 1 aromatic carbocycles. The second-order valence-electron chi connectivity index (χ2n) is 6.19. The second kappa shape index (κ2) is 6.33. The highest BCUT2D eigenvalue weighted by Gasteiger charge is 2.20. The Hall–Kier alpha value is -3.96. The van der Waals surface area contributed by atoms with Crippen molar-refractivity contribution in [3.8, 4) is 5.88 Å². The Morgan fingerprint density at radius 2 is 1.50 bits per heavy atom. The molecular formula is C16H16N6O6. The molecule has 0 radical (unpaired) electrons. The zero-order valence-electron chi connectivity index (χ0n) is 15.4. The van der Waals surface area contributed by atoms with Crippen LogP contribution in [0.2, 0.25) is 0 Å². The Balaban J connectivity index is 2.29. The van der Waals surface area contributed by atoms with Crippen LogP contribution >= 0.6 is 0 Å². The number of nitro groups is 1. The fourth-order valence-corrected chi connectivity index (χ4v) is 2.88. The highest BCUT2D eigenvalue weighted by Crippen LogP contribution is 2.32. The number of aliphatic imine (C=N–C) groups is 1. The maximum atomic E-state index is 12.2. The SMILES string of the molecule is Cn1c(O)c(C=Nc2cc3c(cc2[N+](=O)[O-])n(C)c(=O)n3C)c(=O)n(C)c1=O. The maximum Gasteiger partial charge on any atom is 0.333 e. The molecule has 0 atom stereocenters. The van der Waals surface area contributed by atoms with Crippen LogP contribution in [0.15, 0.2) is 31.5 Å². The van der Waals surface area contributed by atoms with E-state index < -0.39 is 22.1 Å². The Labute approximate surface area is 156 Å². The third-order valence-electron chi connectivity index (χ3n) is 4.57. The molecule has 0 fully saturated rings. The van der Waals surface area contributed by atoms with E-state index in [1.54, 1.807) is 0 Å². The van der Waals surface area contributed by atoms with Gasteiger partial charge < -0.3 is 5.11 Å². The first-order chi connectivity index (χ1) is 13.1. The normalized spacial score (nSPS) is 11.6. The number of imidazole rings is 1. The summed E-state index contributed by atoms with van der Waals surface area (Å²) in [6.07, 6.45) is 0.951. The fraction of sp³-hybridized carbons (Fsp3) is 0.250. The molecule has 0 saturated heterocycles. The number of rotatable bonds is 3. The molecule has 0 amide bonds. The van der Waals surface area contributed by atoms with Gasteiger partial charge in [-0.15, -0.1) is 0 Å². The van der Waals surface area contributed by atoms with Crippen molar-refractivity contribution in [3.05, 3.63) is 59.1 Å². The van der Waals surface area contributed by atoms with Gasteiger partial charge in [-0.05, 0) is 6.07 Å². The van der Waals surface area contributed by atoms with Gasteiger partial charge in [-0.3, -0.25) is 33.2 Å². The summed E-state index contributed by atoms with van der Waals surface area (Å²) >= 11 is 0. The van der Waals surface area contributed by atoms with E-state index in [2.05, 4.69) is 4.99 Å². The highest BCUT2D eigenvalue weighted by molar-refractivity contribution is 5.89. The van der Waals surface area contributed by atoms with Crippen LogP contribution < -0.4 is 16.9 Å². The minimum Gasteiger partial charge on any atom is -0.494 e. The predicted octanol–water partition coefficient (Wildman–Crippen LogP) is -0.361. The Kier molecular flexibility index (Phi) is 4.26. The summed E-state index contributed by atoms with van der Waals surface area (Å²) in [6, 6.07) is 2.55. The zero-order chi connectivity index (χ0) is 20.9. The molecule has 12 heteroatoms. The van der Waals surface area contributed by atoms with Crippen molar-refractivity contribution in [1.29, 1.82) is 0 Å². The topological polar surface area (TPSA) is 147 Å². The van der Waals surface area contributed by atoms with Crippen LogP contribution in [0.25, 0.3) is 11.0 Å². The minimum absolute atomic E-state index is 0.117. The lowest BCUT2D eigenvalue weighted by Crippen LogP contribution is -2.38. The van der Waals surface area contributed by atoms with E-state index in [1.807, 2.05) is 0 Å². The molecule has 3 aromatic rings. The third-order valence-corrected chi connectivity index (χ3v) is 4.57. The molecule has 2 aromatic heterocycles. The van der Waals surface area contributed by atoms with Gasteiger partial charge >= 0.3 is 11.4 Å². The lowest BCUT2D eigenvalue weighted by molar-refractivity contribution is -0.383. The van der Waals surface area contributed by atoms with Crippen molar-refractivity contribution in [2.24, 2.45) is 33.2 Å². The molecule has 0 unspecified atom stereocenters. The van der Waals surface area contributed by atoms with E-state index in [-0.39, 0.29) is 22.6 Å². The first-order valence-electron chi connectivity index (χ1n) is 7.93. The van der Waals surface area contributed by atoms with E-state index in [4.69, 9.17) is 0 Å². The molecule has 3 rings (SSSR count). The quantitative estimate of drug-likeness (QED) is 0.368. The van der Waals surface area contributed by atoms with Crippen LogP contribution in [0.1, 0.15) is 5.56 Å². The molecule has 12 nitrogen and oxygen atoms in total. The van der Waals surface area contributed by atoms with Crippen molar-refractivity contribution in [3.63, 3.8) is 0 Å². The van der Waals surface area contributed by atoms with Gasteiger partial charge in [-0.2, -0.15) is 0 Å². The number of aryl methyl sites for hydroxylation is 2. The van der Waals surface area contributed by atoms with E-state index in [0.29, 0.717) is 11.0 Å². The summed E-state index contributed by atoms with van der Waals surface area (Å²) in [4.78, 5) is 50.9. The van der Waals surface area contributed by atoms with Crippen LogP contribution in [-0.2, 0) is 28.2 Å². The molecule has 0 aliphatic heterocycles. The monoisotopic (exact) mass is 388 g/mol. The first-order valence-corrected chi connectivity index (χ1v) is 7.93. The van der Waals surface area contributed by atoms with Crippen LogP contribution in [0.5, 0.6) is 5.88 Å². The van der Waals surface area contributed by atoms with Crippen molar-refractivity contribution in [2.45, 2.75) is 0 Å². The van der Waals surface area contributed by atoms with Crippen LogP contribution in [0, 0.1) is 10.1 Å². The third kappa shape index (κ3) is 2.62. The molecule has 0 aliphatic rings. The number of aromatic nitrogens is 4. The number of benzene rings is 1. The molecule has 0 saturated carbocycles. The summed E-state index contributed by atoms with van der Waals surface area (Å²) in [7, 11) is 5.50. The summed E-state index contributed by atoms with van der Waals surface area (Å²) in [5, 5.41) is 21.5. The average Bonchev–Trinajstić information content (AvgIpc) is 2.87. The van der Waals surface area contributed by atoms with Gasteiger partial charge in [0.2, 0.25) is 5.88 Å². The van der Waals surface area contributed by atoms with Crippen molar-refractivity contribution >= 4 is 28.6 Å². The highest BCUT2D eigenvalue weighted by atomic mass is 16.6. The Morgan fingerprint density at radius 1 is 0.964 bits per heavy atom. The molecule has 146 valence electrons. The van der Waals surface area contributed by atoms with Crippen molar-refractivity contribution in [1.82, 2.24) is 18.3 Å². The standard InChI is InChI=1S/C16H16N6O6/c1-18-11-5-9(10(22(27)28)6-12(11)19(2)15(18)25)17-7-8-13(23)20(3)16(26)21(4)14(8)24/h5-7,23H,1-4H3. The summed E-state index contributed by atoms with van der Waals surface area (Å²) < 4.78 is 4.20. The van der Waals surface area contributed by atoms with Crippen LogP contribution in [0.4, 0.5) is 11.4 Å². The molecule has 0 bridgehead atoms. The second-order valence-corrected chi connectivity index (χ2v) is 6.19. The van der Waals surface area contributed by atoms with E-state index in [9.17, 15) is 29.6 Å². The molecule has 28 heavy (non-hydrogen) atoms. The molecular weight excluding hydrogens is 372 g/mol. The molecule has 0 aliphatic carbocycles. The number of hydrogen-bond acceptors (Lipinski definition) is 7. The number of aromatic hydroxyl groups is 1. The lowest BCUT2D eigenvalue weighted by atomic mass is 10.2. The predicted molar refractivity (Wildman–Crippen MR) is 101 cm³/mol. The Bertz CT molecular complexity index is 1350. The maximum absolute atomic E-state index is 12.2. The molecule has 0 spiro atoms. The summed E-state index contributed by atoms with van der Waals surface area (Å²) in [5.74, 6) is -0.618. The number of nitrogens with zero attached hydrogens (tertiary/aromatic N) is 6. The zero-order valence-corrected chi connectivity index (χ0v) is 15.4. The molecule has 1 N–H and O–H groups in total. The Morgan fingerprint density at radius 3 is 2.07 bits per heavy atom. The summed E-state index contributed by atoms with van der Waals surface area (Å²) in [5.41, 5.74) is -1.95. The van der Waals surface area contributed by atoms with Gasteiger partial charge in [0.05, 0.1) is 16.0 Å². The van der Waals surface area contributed by atoms with Gasteiger partial charge in [0.15, 0.2) is 0 Å². The fourth-order valence-electron chi connectivity index (χ4n) is 2.88. The minimum atomic E-state index is -0.805. The number of hydrogen-bond donors (Lipinski definition) is 1. The first kappa shape index (κ1) is 18.8. The average molecular weight is 388 g/mol. The van der Waals surface area contributed by atoms with E-state index in [0.717, 1.165) is 15.3 Å². The molecule has 2 heterocycles. The number of fused-ring (bicyclic) bond motifs is 1. The summed E-state index contributed by atoms with van der Waals surface area (Å²) in [6.45, 7) is 0. The van der Waals surface area contributed by atoms with Crippen LogP contribution in [-0.4, -0.2) is 34.5 Å². The van der Waals surface area contributed by atoms with Gasteiger partial charge in [0.25, 0.3) is 11.2 Å². The van der Waals surface area contributed by atoms with Gasteiger partial charge in [-0.25, -0.2) is 14.6 Å². The smallest absolute Gasteiger partial charge is 0.333 e.